The van der Waals surface area contributed by atoms with E-state index in [4.69, 9.17) is 5.26 Å². The third kappa shape index (κ3) is 4.18. The first-order chi connectivity index (χ1) is 9.67. The van der Waals surface area contributed by atoms with Gasteiger partial charge in [-0.05, 0) is 48.7 Å². The molecule has 0 fully saturated rings. The van der Waals surface area contributed by atoms with Gasteiger partial charge >= 0.3 is 0 Å². The van der Waals surface area contributed by atoms with Crippen molar-refractivity contribution in [2.24, 2.45) is 0 Å². The Bertz CT molecular complexity index is 599. The molecule has 0 aliphatic heterocycles. The highest BCUT2D eigenvalue weighted by Gasteiger charge is 2.04. The maximum Gasteiger partial charge on any atom is 0.123 e. The van der Waals surface area contributed by atoms with Gasteiger partial charge in [-0.25, -0.2) is 4.39 Å². The van der Waals surface area contributed by atoms with Gasteiger partial charge in [0.05, 0.1) is 11.6 Å². The molecule has 20 heavy (non-hydrogen) atoms. The van der Waals surface area contributed by atoms with Gasteiger partial charge < -0.3 is 5.32 Å². The van der Waals surface area contributed by atoms with Crippen molar-refractivity contribution in [3.05, 3.63) is 71.0 Å². The van der Waals surface area contributed by atoms with Crippen LogP contribution in [0.5, 0.6) is 0 Å². The normalized spacial score (nSPS) is 11.8. The summed E-state index contributed by atoms with van der Waals surface area (Å²) in [4.78, 5) is 0. The Labute approximate surface area is 118 Å². The van der Waals surface area contributed by atoms with Crippen molar-refractivity contribution in [2.75, 3.05) is 0 Å². The summed E-state index contributed by atoms with van der Waals surface area (Å²) >= 11 is 0. The Morgan fingerprint density at radius 1 is 1.15 bits per heavy atom. The van der Waals surface area contributed by atoms with E-state index in [9.17, 15) is 4.39 Å². The van der Waals surface area contributed by atoms with E-state index in [2.05, 4.69) is 18.3 Å². The van der Waals surface area contributed by atoms with Crippen molar-refractivity contribution >= 4 is 0 Å². The molecule has 0 spiro atoms. The average molecular weight is 268 g/mol. The van der Waals surface area contributed by atoms with Gasteiger partial charge in [0.15, 0.2) is 0 Å². The Morgan fingerprint density at radius 2 is 1.90 bits per heavy atom. The minimum atomic E-state index is -0.206. The molecular weight excluding hydrogens is 251 g/mol. The zero-order valence-corrected chi connectivity index (χ0v) is 11.4. The van der Waals surface area contributed by atoms with Crippen molar-refractivity contribution in [1.29, 1.82) is 5.26 Å². The van der Waals surface area contributed by atoms with E-state index in [-0.39, 0.29) is 11.9 Å². The molecule has 0 bridgehead atoms. The van der Waals surface area contributed by atoms with E-state index in [1.165, 1.54) is 12.1 Å². The van der Waals surface area contributed by atoms with Crippen LogP contribution in [0.15, 0.2) is 48.5 Å². The Kier molecular flexibility index (Phi) is 4.86. The standard InChI is InChI=1S/C17H17FN2/c1-13(9-14-5-7-17(18)8-6-14)20-12-16-4-2-3-15(10-16)11-19/h2-8,10,13,20H,9,12H2,1H3. The lowest BCUT2D eigenvalue weighted by Gasteiger charge is -2.14. The number of hydrogen-bond donors (Lipinski definition) is 1. The number of nitrogens with zero attached hydrogens (tertiary/aromatic N) is 1. The third-order valence-electron chi connectivity index (χ3n) is 3.17. The third-order valence-corrected chi connectivity index (χ3v) is 3.17. The predicted octanol–water partition coefficient (Wildman–Crippen LogP) is 3.42. The number of halogens is 1. The van der Waals surface area contributed by atoms with Gasteiger partial charge in [0, 0.05) is 12.6 Å². The van der Waals surface area contributed by atoms with Crippen LogP contribution in [-0.4, -0.2) is 6.04 Å². The van der Waals surface area contributed by atoms with Crippen molar-refractivity contribution < 1.29 is 4.39 Å². The Hall–Kier alpha value is -2.18. The summed E-state index contributed by atoms with van der Waals surface area (Å²) in [6.07, 6.45) is 0.845. The molecule has 2 rings (SSSR count). The van der Waals surface area contributed by atoms with Crippen molar-refractivity contribution in [3.8, 4) is 6.07 Å². The summed E-state index contributed by atoms with van der Waals surface area (Å²) in [5.74, 6) is -0.206. The van der Waals surface area contributed by atoms with Gasteiger partial charge in [0.25, 0.3) is 0 Å². The average Bonchev–Trinajstić information content (AvgIpc) is 2.48. The van der Waals surface area contributed by atoms with Crippen molar-refractivity contribution in [1.82, 2.24) is 5.32 Å². The summed E-state index contributed by atoms with van der Waals surface area (Å²) in [5.41, 5.74) is 2.88. The summed E-state index contributed by atoms with van der Waals surface area (Å²) in [7, 11) is 0. The van der Waals surface area contributed by atoms with Crippen LogP contribution in [0.4, 0.5) is 4.39 Å². The van der Waals surface area contributed by atoms with Crippen LogP contribution < -0.4 is 5.32 Å². The molecule has 0 aromatic heterocycles. The second-order valence-electron chi connectivity index (χ2n) is 4.92. The molecule has 2 nitrogen and oxygen atoms in total. The van der Waals surface area contributed by atoms with Gasteiger partial charge in [0.1, 0.15) is 5.82 Å². The lowest BCUT2D eigenvalue weighted by Crippen LogP contribution is -2.27. The number of hydrogen-bond acceptors (Lipinski definition) is 2. The molecule has 2 aromatic rings. The summed E-state index contributed by atoms with van der Waals surface area (Å²) < 4.78 is 12.8. The minimum absolute atomic E-state index is 0.206. The first-order valence-electron chi connectivity index (χ1n) is 6.64. The minimum Gasteiger partial charge on any atom is -0.310 e. The molecule has 102 valence electrons. The fourth-order valence-corrected chi connectivity index (χ4v) is 2.09. The summed E-state index contributed by atoms with van der Waals surface area (Å²) in [5, 5.41) is 12.3. The van der Waals surface area contributed by atoms with E-state index in [0.717, 1.165) is 24.1 Å². The van der Waals surface area contributed by atoms with E-state index in [1.54, 1.807) is 6.07 Å². The van der Waals surface area contributed by atoms with Crippen LogP contribution in [0, 0.1) is 17.1 Å². The molecule has 1 unspecified atom stereocenters. The van der Waals surface area contributed by atoms with Crippen LogP contribution in [0.3, 0.4) is 0 Å². The molecule has 0 aliphatic rings. The Morgan fingerprint density at radius 3 is 2.60 bits per heavy atom. The molecule has 0 amide bonds. The zero-order chi connectivity index (χ0) is 14.4. The highest BCUT2D eigenvalue weighted by molar-refractivity contribution is 5.32. The van der Waals surface area contributed by atoms with Crippen LogP contribution in [0.1, 0.15) is 23.6 Å². The lowest BCUT2D eigenvalue weighted by molar-refractivity contribution is 0.544. The van der Waals surface area contributed by atoms with Crippen LogP contribution >= 0.6 is 0 Å². The van der Waals surface area contributed by atoms with E-state index in [0.29, 0.717) is 5.56 Å². The Balaban J connectivity index is 1.87. The number of rotatable bonds is 5. The number of nitriles is 1. The molecule has 2 aromatic carbocycles. The second kappa shape index (κ2) is 6.83. The SMILES string of the molecule is CC(Cc1ccc(F)cc1)NCc1cccc(C#N)c1. The summed E-state index contributed by atoms with van der Waals surface area (Å²) in [6.45, 7) is 2.81. The molecule has 1 N–H and O–H groups in total. The van der Waals surface area contributed by atoms with E-state index >= 15 is 0 Å². The molecule has 0 saturated heterocycles. The fourth-order valence-electron chi connectivity index (χ4n) is 2.09. The molecule has 0 saturated carbocycles. The molecular formula is C17H17FN2. The molecule has 3 heteroatoms. The molecule has 0 radical (unpaired) electrons. The monoisotopic (exact) mass is 268 g/mol. The fraction of sp³-hybridized carbons (Fsp3) is 0.235. The van der Waals surface area contributed by atoms with Gasteiger partial charge in [-0.3, -0.25) is 0 Å². The van der Waals surface area contributed by atoms with Gasteiger partial charge in [0.2, 0.25) is 0 Å². The lowest BCUT2D eigenvalue weighted by atomic mass is 10.1. The quantitative estimate of drug-likeness (QED) is 0.902. The van der Waals surface area contributed by atoms with E-state index in [1.807, 2.05) is 30.3 Å². The number of nitrogens with one attached hydrogen (secondary N) is 1. The van der Waals surface area contributed by atoms with Crippen LogP contribution in [0.25, 0.3) is 0 Å². The maximum absolute atomic E-state index is 12.8. The van der Waals surface area contributed by atoms with Crippen molar-refractivity contribution in [3.63, 3.8) is 0 Å². The largest absolute Gasteiger partial charge is 0.310 e. The van der Waals surface area contributed by atoms with Gasteiger partial charge in [-0.1, -0.05) is 24.3 Å². The van der Waals surface area contributed by atoms with Gasteiger partial charge in [-0.2, -0.15) is 5.26 Å². The maximum atomic E-state index is 12.8. The summed E-state index contributed by atoms with van der Waals surface area (Å²) in [6, 6.07) is 16.6. The second-order valence-corrected chi connectivity index (χ2v) is 4.92. The van der Waals surface area contributed by atoms with Crippen molar-refractivity contribution in [2.45, 2.75) is 25.9 Å². The topological polar surface area (TPSA) is 35.8 Å². The molecule has 0 heterocycles. The van der Waals surface area contributed by atoms with E-state index < -0.39 is 0 Å². The zero-order valence-electron chi connectivity index (χ0n) is 11.4. The predicted molar refractivity (Wildman–Crippen MR) is 77.6 cm³/mol. The smallest absolute Gasteiger partial charge is 0.123 e. The van der Waals surface area contributed by atoms with Gasteiger partial charge in [-0.15, -0.1) is 0 Å². The van der Waals surface area contributed by atoms with Crippen LogP contribution in [-0.2, 0) is 13.0 Å². The highest BCUT2D eigenvalue weighted by atomic mass is 19.1. The molecule has 1 atom stereocenters. The highest BCUT2D eigenvalue weighted by Crippen LogP contribution is 2.07. The molecule has 0 aliphatic carbocycles. The van der Waals surface area contributed by atoms with Crippen LogP contribution in [0.2, 0.25) is 0 Å². The first-order valence-corrected chi connectivity index (χ1v) is 6.64. The first kappa shape index (κ1) is 14.2. The number of benzene rings is 2.